The van der Waals surface area contributed by atoms with E-state index in [1.165, 1.54) is 6.07 Å². The predicted molar refractivity (Wildman–Crippen MR) is 69.8 cm³/mol. The van der Waals surface area contributed by atoms with Gasteiger partial charge in [-0.25, -0.2) is 4.39 Å². The molecule has 0 aliphatic heterocycles. The zero-order valence-electron chi connectivity index (χ0n) is 11.0. The molecule has 18 heavy (non-hydrogen) atoms. The summed E-state index contributed by atoms with van der Waals surface area (Å²) in [5, 5.41) is 2.94. The van der Waals surface area contributed by atoms with E-state index in [-0.39, 0.29) is 11.7 Å². The molecule has 1 aromatic carbocycles. The van der Waals surface area contributed by atoms with Crippen molar-refractivity contribution in [2.45, 2.75) is 38.5 Å². The Morgan fingerprint density at radius 1 is 1.39 bits per heavy atom. The maximum absolute atomic E-state index is 13.8. The van der Waals surface area contributed by atoms with Gasteiger partial charge in [0.25, 0.3) is 0 Å². The topological polar surface area (TPSA) is 29.1 Å². The Labute approximate surface area is 108 Å². The third kappa shape index (κ3) is 2.55. The molecule has 1 aliphatic rings. The van der Waals surface area contributed by atoms with Crippen LogP contribution in [0.15, 0.2) is 24.3 Å². The number of benzene rings is 1. The first-order valence-electron chi connectivity index (χ1n) is 6.59. The fraction of sp³-hybridized carbons (Fsp3) is 0.533. The second kappa shape index (κ2) is 5.09. The summed E-state index contributed by atoms with van der Waals surface area (Å²) in [7, 11) is 0. The molecule has 0 atom stereocenters. The Kier molecular flexibility index (Phi) is 3.69. The summed E-state index contributed by atoms with van der Waals surface area (Å²) < 4.78 is 13.8. The largest absolute Gasteiger partial charge is 0.355 e. The van der Waals surface area contributed by atoms with E-state index in [0.29, 0.717) is 18.0 Å². The summed E-state index contributed by atoms with van der Waals surface area (Å²) in [6.45, 7) is 4.92. The van der Waals surface area contributed by atoms with Gasteiger partial charge in [-0.05, 0) is 31.2 Å². The lowest BCUT2D eigenvalue weighted by Crippen LogP contribution is -2.36. The van der Waals surface area contributed by atoms with Gasteiger partial charge >= 0.3 is 0 Å². The van der Waals surface area contributed by atoms with Crippen LogP contribution in [0.3, 0.4) is 0 Å². The van der Waals surface area contributed by atoms with Crippen molar-refractivity contribution in [3.8, 4) is 0 Å². The number of rotatable bonds is 5. The minimum atomic E-state index is -0.595. The molecule has 1 N–H and O–H groups in total. The zero-order chi connectivity index (χ0) is 13.2. The van der Waals surface area contributed by atoms with Crippen molar-refractivity contribution >= 4 is 5.91 Å². The lowest BCUT2D eigenvalue weighted by atomic mass is 9.94. The van der Waals surface area contributed by atoms with E-state index < -0.39 is 5.41 Å². The summed E-state index contributed by atoms with van der Waals surface area (Å²) in [6.07, 6.45) is 2.46. The van der Waals surface area contributed by atoms with E-state index in [9.17, 15) is 9.18 Å². The Balaban J connectivity index is 2.04. The second-order valence-electron chi connectivity index (χ2n) is 5.50. The fourth-order valence-corrected chi connectivity index (χ4v) is 2.24. The third-order valence-corrected chi connectivity index (χ3v) is 3.58. The number of carbonyl (C=O) groups excluding carboxylic acids is 1. The van der Waals surface area contributed by atoms with Crippen LogP contribution >= 0.6 is 0 Å². The number of nitrogens with one attached hydrogen (secondary N) is 1. The molecule has 3 heteroatoms. The number of amides is 1. The van der Waals surface area contributed by atoms with E-state index in [1.54, 1.807) is 18.2 Å². The van der Waals surface area contributed by atoms with Crippen molar-refractivity contribution in [3.63, 3.8) is 0 Å². The average Bonchev–Trinajstić information content (AvgIpc) is 3.10. The normalized spacial score (nSPS) is 16.7. The highest BCUT2D eigenvalue weighted by atomic mass is 19.1. The van der Waals surface area contributed by atoms with Crippen LogP contribution in [0.5, 0.6) is 0 Å². The van der Waals surface area contributed by atoms with E-state index in [2.05, 4.69) is 19.2 Å². The molecule has 0 heterocycles. The van der Waals surface area contributed by atoms with Crippen molar-refractivity contribution < 1.29 is 9.18 Å². The molecule has 0 saturated heterocycles. The van der Waals surface area contributed by atoms with Crippen LogP contribution < -0.4 is 5.32 Å². The predicted octanol–water partition coefficient (Wildman–Crippen LogP) is 3.02. The van der Waals surface area contributed by atoms with Crippen LogP contribution in [0, 0.1) is 11.7 Å². The molecule has 1 saturated carbocycles. The van der Waals surface area contributed by atoms with Gasteiger partial charge in [-0.2, -0.15) is 0 Å². The highest BCUT2D eigenvalue weighted by Gasteiger charge is 2.52. The molecule has 2 nitrogen and oxygen atoms in total. The highest BCUT2D eigenvalue weighted by Crippen LogP contribution is 2.49. The van der Waals surface area contributed by atoms with E-state index in [0.717, 1.165) is 19.3 Å². The van der Waals surface area contributed by atoms with Gasteiger partial charge < -0.3 is 5.32 Å². The average molecular weight is 249 g/mol. The van der Waals surface area contributed by atoms with Gasteiger partial charge in [0, 0.05) is 12.1 Å². The molecule has 1 fully saturated rings. The molecule has 1 amide bonds. The first-order chi connectivity index (χ1) is 8.56. The van der Waals surface area contributed by atoms with Gasteiger partial charge in [0.1, 0.15) is 5.82 Å². The number of carbonyl (C=O) groups is 1. The number of hydrogen-bond donors (Lipinski definition) is 1. The van der Waals surface area contributed by atoms with Gasteiger partial charge in [0.05, 0.1) is 5.41 Å². The van der Waals surface area contributed by atoms with Crippen LogP contribution in [-0.4, -0.2) is 12.5 Å². The molecule has 0 radical (unpaired) electrons. The molecule has 0 spiro atoms. The second-order valence-corrected chi connectivity index (χ2v) is 5.50. The fourth-order valence-electron chi connectivity index (χ4n) is 2.24. The monoisotopic (exact) mass is 249 g/mol. The van der Waals surface area contributed by atoms with Gasteiger partial charge in [-0.3, -0.25) is 4.79 Å². The molecule has 1 aliphatic carbocycles. The van der Waals surface area contributed by atoms with Crippen LogP contribution in [-0.2, 0) is 10.2 Å². The molecular formula is C15H20FNO. The molecule has 1 aromatic rings. The Morgan fingerprint density at radius 2 is 2.06 bits per heavy atom. The number of halogens is 1. The van der Waals surface area contributed by atoms with Gasteiger partial charge in [0.15, 0.2) is 0 Å². The first-order valence-corrected chi connectivity index (χ1v) is 6.59. The Bertz CT molecular complexity index is 438. The quantitative estimate of drug-likeness (QED) is 0.854. The summed E-state index contributed by atoms with van der Waals surface area (Å²) >= 11 is 0. The molecule has 0 unspecified atom stereocenters. The Hall–Kier alpha value is -1.38. The van der Waals surface area contributed by atoms with Crippen molar-refractivity contribution in [1.82, 2.24) is 5.32 Å². The summed E-state index contributed by atoms with van der Waals surface area (Å²) in [5.74, 6) is 0.274. The maximum atomic E-state index is 13.8. The number of hydrogen-bond acceptors (Lipinski definition) is 1. The van der Waals surface area contributed by atoms with Crippen LogP contribution in [0.1, 0.15) is 38.7 Å². The molecule has 2 rings (SSSR count). The molecule has 0 bridgehead atoms. The van der Waals surface area contributed by atoms with E-state index in [1.807, 2.05) is 0 Å². The van der Waals surface area contributed by atoms with E-state index in [4.69, 9.17) is 0 Å². The lowest BCUT2D eigenvalue weighted by Gasteiger charge is -2.17. The maximum Gasteiger partial charge on any atom is 0.230 e. The standard InChI is InChI=1S/C15H20FNO/c1-11(2)7-10-17-14(18)15(8-9-15)12-5-3-4-6-13(12)16/h3-6,11H,7-10H2,1-2H3,(H,17,18). The smallest absolute Gasteiger partial charge is 0.230 e. The summed E-state index contributed by atoms with van der Waals surface area (Å²) in [4.78, 5) is 12.2. The van der Waals surface area contributed by atoms with Crippen molar-refractivity contribution in [1.29, 1.82) is 0 Å². The van der Waals surface area contributed by atoms with Crippen molar-refractivity contribution in [2.24, 2.45) is 5.92 Å². The van der Waals surface area contributed by atoms with Gasteiger partial charge in [-0.15, -0.1) is 0 Å². The van der Waals surface area contributed by atoms with Crippen LogP contribution in [0.4, 0.5) is 4.39 Å². The van der Waals surface area contributed by atoms with Crippen molar-refractivity contribution in [2.75, 3.05) is 6.54 Å². The Morgan fingerprint density at radius 3 is 2.61 bits per heavy atom. The van der Waals surface area contributed by atoms with Crippen LogP contribution in [0.25, 0.3) is 0 Å². The van der Waals surface area contributed by atoms with Crippen LogP contribution in [0.2, 0.25) is 0 Å². The highest BCUT2D eigenvalue weighted by molar-refractivity contribution is 5.91. The molecule has 98 valence electrons. The minimum Gasteiger partial charge on any atom is -0.355 e. The summed E-state index contributed by atoms with van der Waals surface area (Å²) in [6, 6.07) is 6.60. The van der Waals surface area contributed by atoms with Crippen molar-refractivity contribution in [3.05, 3.63) is 35.6 Å². The SMILES string of the molecule is CC(C)CCNC(=O)C1(c2ccccc2F)CC1. The lowest BCUT2D eigenvalue weighted by molar-refractivity contribution is -0.123. The van der Waals surface area contributed by atoms with Gasteiger partial charge in [0.2, 0.25) is 5.91 Å². The zero-order valence-corrected chi connectivity index (χ0v) is 11.0. The van der Waals surface area contributed by atoms with E-state index >= 15 is 0 Å². The first kappa shape index (κ1) is 13.1. The molecular weight excluding hydrogens is 229 g/mol. The summed E-state index contributed by atoms with van der Waals surface area (Å²) in [5.41, 5.74) is -0.0467. The van der Waals surface area contributed by atoms with Gasteiger partial charge in [-0.1, -0.05) is 32.0 Å². The minimum absolute atomic E-state index is 0.0201. The molecule has 0 aromatic heterocycles. The third-order valence-electron chi connectivity index (χ3n) is 3.58.